The number of nitrogens with zero attached hydrogens (tertiary/aromatic N) is 1. The normalized spacial score (nSPS) is 22.9. The molecule has 1 aromatic rings. The Balaban J connectivity index is 1.50. The van der Waals surface area contributed by atoms with E-state index in [-0.39, 0.29) is 17.9 Å². The molecule has 0 aromatic heterocycles. The average Bonchev–Trinajstić information content (AvgIpc) is 3.21. The second kappa shape index (κ2) is 9.60. The molecule has 2 fully saturated rings. The van der Waals surface area contributed by atoms with Crippen molar-refractivity contribution < 1.29 is 9.59 Å². The van der Waals surface area contributed by atoms with E-state index < -0.39 is 0 Å². The summed E-state index contributed by atoms with van der Waals surface area (Å²) in [5.41, 5.74) is 0.753. The van der Waals surface area contributed by atoms with Gasteiger partial charge in [0.25, 0.3) is 5.91 Å². The van der Waals surface area contributed by atoms with Crippen LogP contribution in [0.2, 0.25) is 0 Å². The molecule has 148 valence electrons. The highest BCUT2D eigenvalue weighted by Gasteiger charge is 2.26. The molecule has 0 saturated carbocycles. The van der Waals surface area contributed by atoms with E-state index >= 15 is 0 Å². The molecule has 2 aliphatic heterocycles. The van der Waals surface area contributed by atoms with E-state index in [2.05, 4.69) is 24.5 Å². The molecule has 2 aliphatic rings. The van der Waals surface area contributed by atoms with Gasteiger partial charge >= 0.3 is 0 Å². The number of nitrogens with one attached hydrogen (secondary N) is 2. The van der Waals surface area contributed by atoms with Gasteiger partial charge in [-0.3, -0.25) is 9.59 Å². The lowest BCUT2D eigenvalue weighted by atomic mass is 9.97. The Morgan fingerprint density at radius 2 is 2.00 bits per heavy atom. The van der Waals surface area contributed by atoms with Gasteiger partial charge in [0, 0.05) is 35.3 Å². The number of thioether (sulfide) groups is 1. The summed E-state index contributed by atoms with van der Waals surface area (Å²) >= 11 is 1.80. The third kappa shape index (κ3) is 5.72. The fourth-order valence-electron chi connectivity index (χ4n) is 3.82. The third-order valence-corrected chi connectivity index (χ3v) is 6.24. The van der Waals surface area contributed by atoms with Crippen LogP contribution in [0.3, 0.4) is 0 Å². The number of rotatable bonds is 6. The van der Waals surface area contributed by atoms with Crippen LogP contribution < -0.4 is 10.6 Å². The molecule has 5 nitrogen and oxygen atoms in total. The lowest BCUT2D eigenvalue weighted by molar-refractivity contribution is -0.123. The van der Waals surface area contributed by atoms with Gasteiger partial charge in [0.05, 0.1) is 6.04 Å². The topological polar surface area (TPSA) is 61.4 Å². The average molecular weight is 390 g/mol. The molecular weight excluding hydrogens is 358 g/mol. The quantitative estimate of drug-likeness (QED) is 0.735. The van der Waals surface area contributed by atoms with Crippen molar-refractivity contribution in [3.05, 3.63) is 29.8 Å². The van der Waals surface area contributed by atoms with Crippen LogP contribution >= 0.6 is 11.8 Å². The minimum atomic E-state index is -0.0338. The first kappa shape index (κ1) is 20.2. The first-order valence-electron chi connectivity index (χ1n) is 10.1. The maximum absolute atomic E-state index is 12.8. The molecule has 0 spiro atoms. The predicted molar refractivity (Wildman–Crippen MR) is 110 cm³/mol. The Labute approximate surface area is 166 Å². The molecule has 2 unspecified atom stereocenters. The van der Waals surface area contributed by atoms with Crippen LogP contribution in [0.1, 0.15) is 49.9 Å². The van der Waals surface area contributed by atoms with Crippen molar-refractivity contribution in [1.82, 2.24) is 15.5 Å². The monoisotopic (exact) mass is 389 g/mol. The lowest BCUT2D eigenvalue weighted by Gasteiger charge is -2.33. The highest BCUT2D eigenvalue weighted by Crippen LogP contribution is 2.24. The van der Waals surface area contributed by atoms with Crippen molar-refractivity contribution >= 4 is 23.6 Å². The summed E-state index contributed by atoms with van der Waals surface area (Å²) in [5, 5.41) is 6.84. The van der Waals surface area contributed by atoms with Crippen molar-refractivity contribution in [3.63, 3.8) is 0 Å². The number of piperidine rings is 1. The van der Waals surface area contributed by atoms with Crippen LogP contribution in [-0.2, 0) is 4.79 Å². The van der Waals surface area contributed by atoms with Gasteiger partial charge in [0.1, 0.15) is 0 Å². The third-order valence-electron chi connectivity index (χ3n) is 5.22. The Hall–Kier alpha value is -1.53. The second-order valence-electron chi connectivity index (χ2n) is 7.84. The molecule has 27 heavy (non-hydrogen) atoms. The number of carbonyl (C=O) groups excluding carboxylic acids is 2. The van der Waals surface area contributed by atoms with Gasteiger partial charge in [0.2, 0.25) is 5.91 Å². The highest BCUT2D eigenvalue weighted by atomic mass is 32.2. The molecule has 0 radical (unpaired) electrons. The van der Waals surface area contributed by atoms with E-state index in [0.717, 1.165) is 50.9 Å². The number of carbonyl (C=O) groups is 2. The lowest BCUT2D eigenvalue weighted by Crippen LogP contribution is -2.46. The highest BCUT2D eigenvalue weighted by molar-refractivity contribution is 7.99. The second-order valence-corrected chi connectivity index (χ2v) is 9.49. The molecule has 2 atom stereocenters. The minimum Gasteiger partial charge on any atom is -0.354 e. The van der Waals surface area contributed by atoms with Crippen LogP contribution in [0.15, 0.2) is 29.2 Å². The van der Waals surface area contributed by atoms with E-state index in [0.29, 0.717) is 17.7 Å². The van der Waals surface area contributed by atoms with Crippen molar-refractivity contribution in [2.75, 3.05) is 26.2 Å². The maximum atomic E-state index is 12.8. The van der Waals surface area contributed by atoms with E-state index in [4.69, 9.17) is 0 Å². The molecule has 1 aromatic carbocycles. The molecule has 3 rings (SSSR count). The van der Waals surface area contributed by atoms with Crippen LogP contribution in [0, 0.1) is 5.92 Å². The van der Waals surface area contributed by atoms with Gasteiger partial charge in [-0.15, -0.1) is 11.8 Å². The Kier molecular flexibility index (Phi) is 7.19. The molecular formula is C21H31N3O2S. The zero-order chi connectivity index (χ0) is 19.2. The molecule has 6 heteroatoms. The Bertz CT molecular complexity index is 641. The number of likely N-dealkylation sites (tertiary alicyclic amines) is 1. The van der Waals surface area contributed by atoms with Crippen molar-refractivity contribution in [2.45, 2.75) is 55.7 Å². The van der Waals surface area contributed by atoms with Crippen molar-refractivity contribution in [1.29, 1.82) is 0 Å². The number of hydrogen-bond acceptors (Lipinski definition) is 4. The van der Waals surface area contributed by atoms with Gasteiger partial charge in [-0.1, -0.05) is 13.8 Å². The first-order chi connectivity index (χ1) is 13.0. The van der Waals surface area contributed by atoms with Crippen LogP contribution in [0.5, 0.6) is 0 Å². The molecule has 0 bridgehead atoms. The van der Waals surface area contributed by atoms with Crippen LogP contribution in [0.25, 0.3) is 0 Å². The molecule has 2 saturated heterocycles. The van der Waals surface area contributed by atoms with Gasteiger partial charge in [-0.05, 0) is 62.4 Å². The molecule has 2 amide bonds. The van der Waals surface area contributed by atoms with Crippen LogP contribution in [-0.4, -0.2) is 54.2 Å². The Morgan fingerprint density at radius 3 is 2.67 bits per heavy atom. The summed E-state index contributed by atoms with van der Waals surface area (Å²) in [7, 11) is 0. The van der Waals surface area contributed by atoms with Gasteiger partial charge < -0.3 is 15.5 Å². The largest absolute Gasteiger partial charge is 0.354 e. The van der Waals surface area contributed by atoms with E-state index in [9.17, 15) is 9.59 Å². The summed E-state index contributed by atoms with van der Waals surface area (Å²) in [6, 6.07) is 7.91. The summed E-state index contributed by atoms with van der Waals surface area (Å²) in [4.78, 5) is 28.2. The van der Waals surface area contributed by atoms with Gasteiger partial charge in [-0.25, -0.2) is 0 Å². The smallest absolute Gasteiger partial charge is 0.253 e. The van der Waals surface area contributed by atoms with Gasteiger partial charge in [-0.2, -0.15) is 0 Å². The summed E-state index contributed by atoms with van der Waals surface area (Å²) in [6.45, 7) is 7.44. The maximum Gasteiger partial charge on any atom is 0.253 e. The fraction of sp³-hybridized carbons (Fsp3) is 0.619. The standard InChI is InChI=1S/C21H31N3O2S/c1-15(2)27-18-9-7-17(8-10-18)21(26)24-12-4-5-16(14-24)13-23-20(25)19-6-3-11-22-19/h7-10,15-16,19,22H,3-6,11-14H2,1-2H3,(H,23,25). The SMILES string of the molecule is CC(C)Sc1ccc(C(=O)N2CCCC(CNC(=O)C3CCCN3)C2)cc1. The molecule has 2 heterocycles. The number of hydrogen-bond donors (Lipinski definition) is 2. The predicted octanol–water partition coefficient (Wildman–Crippen LogP) is 2.91. The summed E-state index contributed by atoms with van der Waals surface area (Å²) in [5.74, 6) is 0.544. The Morgan fingerprint density at radius 1 is 1.22 bits per heavy atom. The van der Waals surface area contributed by atoms with Gasteiger partial charge in [0.15, 0.2) is 0 Å². The summed E-state index contributed by atoms with van der Waals surface area (Å²) in [6.07, 6.45) is 4.05. The first-order valence-corrected chi connectivity index (χ1v) is 11.0. The fourth-order valence-corrected chi connectivity index (χ4v) is 4.66. The number of benzene rings is 1. The van der Waals surface area contributed by atoms with E-state index in [1.807, 2.05) is 29.2 Å². The molecule has 2 N–H and O–H groups in total. The number of amides is 2. The minimum absolute atomic E-state index is 0.0338. The summed E-state index contributed by atoms with van der Waals surface area (Å²) < 4.78 is 0. The van der Waals surface area contributed by atoms with Crippen LogP contribution in [0.4, 0.5) is 0 Å². The van der Waals surface area contributed by atoms with E-state index in [1.165, 1.54) is 4.90 Å². The zero-order valence-corrected chi connectivity index (χ0v) is 17.2. The zero-order valence-electron chi connectivity index (χ0n) is 16.4. The van der Waals surface area contributed by atoms with Crippen molar-refractivity contribution in [2.24, 2.45) is 5.92 Å². The molecule has 0 aliphatic carbocycles. The van der Waals surface area contributed by atoms with E-state index in [1.54, 1.807) is 11.8 Å². The van der Waals surface area contributed by atoms with Crippen molar-refractivity contribution in [3.8, 4) is 0 Å².